The average molecular weight is 377 g/mol. The number of carbonyl (C=O) groups is 1. The molecule has 3 nitrogen and oxygen atoms in total. The van der Waals surface area contributed by atoms with Crippen LogP contribution < -0.4 is 11.1 Å². The molecule has 25 heavy (non-hydrogen) atoms. The number of nitrogens with two attached hydrogens (primary N) is 1. The van der Waals surface area contributed by atoms with Crippen molar-refractivity contribution in [3.63, 3.8) is 0 Å². The van der Waals surface area contributed by atoms with E-state index in [4.69, 9.17) is 5.73 Å². The summed E-state index contributed by atoms with van der Waals surface area (Å²) in [5.41, 5.74) is 5.37. The van der Waals surface area contributed by atoms with Gasteiger partial charge in [0.25, 0.3) is 0 Å². The quantitative estimate of drug-likeness (QED) is 0.837. The summed E-state index contributed by atoms with van der Waals surface area (Å²) in [5.74, 6) is -0.638. The lowest BCUT2D eigenvalue weighted by Gasteiger charge is -2.37. The van der Waals surface area contributed by atoms with Crippen LogP contribution in [0, 0.1) is 5.92 Å². The highest BCUT2D eigenvalue weighted by Crippen LogP contribution is 2.46. The lowest BCUT2D eigenvalue weighted by atomic mass is 9.74. The highest BCUT2D eigenvalue weighted by molar-refractivity contribution is 5.85. The van der Waals surface area contributed by atoms with Crippen molar-refractivity contribution in [2.24, 2.45) is 11.7 Å². The molecule has 1 aromatic rings. The van der Waals surface area contributed by atoms with Crippen molar-refractivity contribution in [2.75, 3.05) is 0 Å². The van der Waals surface area contributed by atoms with Crippen molar-refractivity contribution in [1.82, 2.24) is 5.32 Å². The minimum atomic E-state index is -4.37. The third-order valence-electron chi connectivity index (χ3n) is 5.35. The number of rotatable bonds is 3. The standard InChI is InChI=1S/C18H23F3N2O.ClH/c1-17(22)9-5-4-8-14(17)16(24)23-15-10-12(15)11-6-2-3-7-13(11)18(19,20)21;/h2-3,6-7,12,14-15H,4-5,8-10,22H2,1H3,(H,23,24);1H. The highest BCUT2D eigenvalue weighted by atomic mass is 35.5. The molecular weight excluding hydrogens is 353 g/mol. The monoisotopic (exact) mass is 376 g/mol. The van der Waals surface area contributed by atoms with E-state index >= 15 is 0 Å². The van der Waals surface area contributed by atoms with Crippen LogP contribution in [0.4, 0.5) is 13.2 Å². The average Bonchev–Trinajstić information content (AvgIpc) is 3.24. The Kier molecular flexibility index (Phi) is 5.74. The van der Waals surface area contributed by atoms with Gasteiger partial charge < -0.3 is 11.1 Å². The van der Waals surface area contributed by atoms with Crippen molar-refractivity contribution in [2.45, 2.75) is 62.7 Å². The Morgan fingerprint density at radius 2 is 1.96 bits per heavy atom. The van der Waals surface area contributed by atoms with Crippen molar-refractivity contribution in [3.05, 3.63) is 35.4 Å². The lowest BCUT2D eigenvalue weighted by Crippen LogP contribution is -2.53. The smallest absolute Gasteiger partial charge is 0.352 e. The highest BCUT2D eigenvalue weighted by Gasteiger charge is 2.46. The Bertz CT molecular complexity index is 633. The molecule has 3 rings (SSSR count). The van der Waals surface area contributed by atoms with Gasteiger partial charge in [-0.15, -0.1) is 12.4 Å². The van der Waals surface area contributed by atoms with E-state index < -0.39 is 17.3 Å². The number of amides is 1. The summed E-state index contributed by atoms with van der Waals surface area (Å²) in [4.78, 5) is 12.5. The first-order valence-corrected chi connectivity index (χ1v) is 8.45. The van der Waals surface area contributed by atoms with Gasteiger partial charge in [0.15, 0.2) is 0 Å². The van der Waals surface area contributed by atoms with E-state index in [0.29, 0.717) is 6.42 Å². The summed E-state index contributed by atoms with van der Waals surface area (Å²) in [6, 6.07) is 5.39. The molecule has 0 spiro atoms. The molecule has 2 aliphatic rings. The Labute approximate surface area is 152 Å². The summed E-state index contributed by atoms with van der Waals surface area (Å²) in [6.45, 7) is 1.89. The molecule has 0 bridgehead atoms. The predicted octanol–water partition coefficient (Wildman–Crippen LogP) is 4.01. The predicted molar refractivity (Wildman–Crippen MR) is 92.5 cm³/mol. The third-order valence-corrected chi connectivity index (χ3v) is 5.35. The summed E-state index contributed by atoms with van der Waals surface area (Å²) >= 11 is 0. The Balaban J connectivity index is 0.00000225. The third kappa shape index (κ3) is 4.29. The summed E-state index contributed by atoms with van der Waals surface area (Å²) < 4.78 is 39.3. The zero-order valence-electron chi connectivity index (χ0n) is 14.1. The maximum Gasteiger partial charge on any atom is 0.416 e. The van der Waals surface area contributed by atoms with Gasteiger partial charge in [-0.05, 0) is 37.8 Å². The van der Waals surface area contributed by atoms with E-state index in [1.807, 2.05) is 6.92 Å². The van der Waals surface area contributed by atoms with Crippen molar-refractivity contribution in [3.8, 4) is 0 Å². The Morgan fingerprint density at radius 1 is 1.28 bits per heavy atom. The van der Waals surface area contributed by atoms with Crippen LogP contribution in [-0.2, 0) is 11.0 Å². The molecule has 140 valence electrons. The molecule has 4 unspecified atom stereocenters. The van der Waals surface area contributed by atoms with Crippen molar-refractivity contribution >= 4 is 18.3 Å². The first-order valence-electron chi connectivity index (χ1n) is 8.45. The van der Waals surface area contributed by atoms with E-state index in [0.717, 1.165) is 31.7 Å². The van der Waals surface area contributed by atoms with Crippen LogP contribution in [0.1, 0.15) is 56.1 Å². The van der Waals surface area contributed by atoms with E-state index in [1.165, 1.54) is 12.1 Å². The van der Waals surface area contributed by atoms with Crippen molar-refractivity contribution in [1.29, 1.82) is 0 Å². The molecule has 0 saturated heterocycles. The van der Waals surface area contributed by atoms with Crippen LogP contribution in [0.2, 0.25) is 0 Å². The molecule has 1 aromatic carbocycles. The van der Waals surface area contributed by atoms with Crippen LogP contribution >= 0.6 is 12.4 Å². The number of hydrogen-bond acceptors (Lipinski definition) is 2. The number of nitrogens with one attached hydrogen (secondary N) is 1. The number of benzene rings is 1. The fourth-order valence-corrected chi connectivity index (χ4v) is 3.85. The molecule has 2 aliphatic carbocycles. The number of hydrogen-bond donors (Lipinski definition) is 2. The zero-order valence-corrected chi connectivity index (χ0v) is 14.9. The van der Waals surface area contributed by atoms with Gasteiger partial charge in [-0.25, -0.2) is 0 Å². The first-order chi connectivity index (χ1) is 11.2. The van der Waals surface area contributed by atoms with Gasteiger partial charge in [0.2, 0.25) is 5.91 Å². The van der Waals surface area contributed by atoms with Gasteiger partial charge in [-0.1, -0.05) is 31.0 Å². The van der Waals surface area contributed by atoms with Crippen LogP contribution in [-0.4, -0.2) is 17.5 Å². The molecule has 7 heteroatoms. The molecule has 0 aromatic heterocycles. The molecule has 4 atom stereocenters. The molecule has 2 saturated carbocycles. The molecule has 2 fully saturated rings. The van der Waals surface area contributed by atoms with Gasteiger partial charge >= 0.3 is 6.18 Å². The molecule has 1 amide bonds. The summed E-state index contributed by atoms with van der Waals surface area (Å²) in [5, 5.41) is 2.92. The SMILES string of the molecule is CC1(N)CCCCC1C(=O)NC1CC1c1ccccc1C(F)(F)F.Cl. The number of halogens is 4. The first kappa shape index (κ1) is 20.0. The van der Waals surface area contributed by atoms with Crippen LogP contribution in [0.5, 0.6) is 0 Å². The molecular formula is C18H24ClF3N2O. The number of alkyl halides is 3. The second-order valence-corrected chi connectivity index (χ2v) is 7.35. The molecule has 0 aliphatic heterocycles. The minimum absolute atomic E-state index is 0. The van der Waals surface area contributed by atoms with Gasteiger partial charge in [0, 0.05) is 17.5 Å². The van der Waals surface area contributed by atoms with Crippen LogP contribution in [0.3, 0.4) is 0 Å². The lowest BCUT2D eigenvalue weighted by molar-refractivity contribution is -0.138. The van der Waals surface area contributed by atoms with Crippen LogP contribution in [0.25, 0.3) is 0 Å². The van der Waals surface area contributed by atoms with Gasteiger partial charge in [0.05, 0.1) is 11.5 Å². The summed E-state index contributed by atoms with van der Waals surface area (Å²) in [6.07, 6.45) is -0.289. The normalized spacial score (nSPS) is 31.8. The maximum absolute atomic E-state index is 13.1. The molecule has 3 N–H and O–H groups in total. The van der Waals surface area contributed by atoms with Crippen molar-refractivity contribution < 1.29 is 18.0 Å². The van der Waals surface area contributed by atoms with E-state index in [9.17, 15) is 18.0 Å². The van der Waals surface area contributed by atoms with Gasteiger partial charge in [0.1, 0.15) is 0 Å². The maximum atomic E-state index is 13.1. The van der Waals surface area contributed by atoms with Gasteiger partial charge in [-0.3, -0.25) is 4.79 Å². The van der Waals surface area contributed by atoms with E-state index in [-0.39, 0.29) is 41.8 Å². The molecule has 0 radical (unpaired) electrons. The number of carbonyl (C=O) groups excluding carboxylic acids is 1. The topological polar surface area (TPSA) is 55.1 Å². The largest absolute Gasteiger partial charge is 0.416 e. The molecule has 0 heterocycles. The minimum Gasteiger partial charge on any atom is -0.352 e. The van der Waals surface area contributed by atoms with E-state index in [2.05, 4.69) is 5.32 Å². The zero-order chi connectivity index (χ0) is 17.5. The fourth-order valence-electron chi connectivity index (χ4n) is 3.85. The van der Waals surface area contributed by atoms with Gasteiger partial charge in [-0.2, -0.15) is 13.2 Å². The second kappa shape index (κ2) is 7.16. The van der Waals surface area contributed by atoms with Crippen LogP contribution in [0.15, 0.2) is 24.3 Å². The summed E-state index contributed by atoms with van der Waals surface area (Å²) in [7, 11) is 0. The second-order valence-electron chi connectivity index (χ2n) is 7.35. The fraction of sp³-hybridized carbons (Fsp3) is 0.611. The Hall–Kier alpha value is -1.27. The van der Waals surface area contributed by atoms with E-state index in [1.54, 1.807) is 6.07 Å². The Morgan fingerprint density at radius 3 is 2.60 bits per heavy atom.